The highest BCUT2D eigenvalue weighted by molar-refractivity contribution is 6.36. The summed E-state index contributed by atoms with van der Waals surface area (Å²) in [6, 6.07) is 10.5. The topological polar surface area (TPSA) is 58.6 Å². The van der Waals surface area contributed by atoms with Gasteiger partial charge in [0.05, 0.1) is 5.57 Å². The summed E-state index contributed by atoms with van der Waals surface area (Å²) in [5, 5.41) is 2.93. The molecule has 0 unspecified atom stereocenters. The molecular weight excluding hydrogens is 409 g/mol. The monoisotopic (exact) mass is 432 g/mol. The minimum Gasteiger partial charge on any atom is -0.406 e. The minimum atomic E-state index is -4.79. The second kappa shape index (κ2) is 8.45. The number of carbonyl (C=O) groups is 2. The Morgan fingerprint density at radius 2 is 1.61 bits per heavy atom. The van der Waals surface area contributed by atoms with Crippen molar-refractivity contribution in [2.24, 2.45) is 5.92 Å². The van der Waals surface area contributed by atoms with Gasteiger partial charge in [0.2, 0.25) is 0 Å². The lowest BCUT2D eigenvalue weighted by molar-refractivity contribution is -0.274. The van der Waals surface area contributed by atoms with Crippen LogP contribution in [0.25, 0.3) is 5.57 Å². The zero-order valence-electron chi connectivity index (χ0n) is 17.6. The van der Waals surface area contributed by atoms with Gasteiger partial charge in [-0.2, -0.15) is 0 Å². The first kappa shape index (κ1) is 22.4. The van der Waals surface area contributed by atoms with E-state index in [0.717, 1.165) is 23.3 Å². The normalized spacial score (nSPS) is 14.6. The van der Waals surface area contributed by atoms with E-state index in [4.69, 9.17) is 0 Å². The summed E-state index contributed by atoms with van der Waals surface area (Å²) in [5.74, 6) is -1.17. The van der Waals surface area contributed by atoms with Gasteiger partial charge in [-0.05, 0) is 60.7 Å². The van der Waals surface area contributed by atoms with Crippen LogP contribution < -0.4 is 10.1 Å². The molecule has 8 heteroatoms. The maximum absolute atomic E-state index is 13.1. The predicted molar refractivity (Wildman–Crippen MR) is 111 cm³/mol. The largest absolute Gasteiger partial charge is 0.573 e. The van der Waals surface area contributed by atoms with Crippen molar-refractivity contribution in [2.45, 2.75) is 34.1 Å². The van der Waals surface area contributed by atoms with E-state index in [1.54, 1.807) is 6.07 Å². The van der Waals surface area contributed by atoms with E-state index in [9.17, 15) is 22.8 Å². The fourth-order valence-corrected chi connectivity index (χ4v) is 3.27. The summed E-state index contributed by atoms with van der Waals surface area (Å²) >= 11 is 0. The molecule has 164 valence electrons. The van der Waals surface area contributed by atoms with E-state index in [1.807, 2.05) is 39.8 Å². The van der Waals surface area contributed by atoms with Crippen molar-refractivity contribution >= 4 is 23.1 Å². The number of rotatable bonds is 6. The molecule has 5 nitrogen and oxygen atoms in total. The number of aryl methyl sites for hydroxylation is 2. The molecule has 0 atom stereocenters. The highest BCUT2D eigenvalue weighted by atomic mass is 19.4. The molecule has 1 aliphatic rings. The van der Waals surface area contributed by atoms with Crippen LogP contribution in [-0.4, -0.2) is 29.6 Å². The smallest absolute Gasteiger partial charge is 0.406 e. The Labute approximate surface area is 178 Å². The number of carbonyl (C=O) groups excluding carboxylic acids is 2. The molecule has 0 radical (unpaired) electrons. The number of hydrogen-bond acceptors (Lipinski definition) is 4. The molecule has 0 spiro atoms. The second-order valence-electron chi connectivity index (χ2n) is 7.86. The van der Waals surface area contributed by atoms with Crippen LogP contribution >= 0.6 is 0 Å². The quantitative estimate of drug-likeness (QED) is 0.649. The Morgan fingerprint density at radius 3 is 2.16 bits per heavy atom. The van der Waals surface area contributed by atoms with Crippen LogP contribution in [0.2, 0.25) is 0 Å². The van der Waals surface area contributed by atoms with Gasteiger partial charge in [-0.3, -0.25) is 14.5 Å². The van der Waals surface area contributed by atoms with E-state index < -0.39 is 18.2 Å². The van der Waals surface area contributed by atoms with Crippen molar-refractivity contribution in [1.82, 2.24) is 4.90 Å². The number of amides is 2. The third kappa shape index (κ3) is 5.07. The Balaban J connectivity index is 1.99. The Morgan fingerprint density at radius 1 is 0.968 bits per heavy atom. The van der Waals surface area contributed by atoms with Crippen molar-refractivity contribution in [3.63, 3.8) is 0 Å². The molecule has 0 aliphatic carbocycles. The molecule has 1 N–H and O–H groups in total. The van der Waals surface area contributed by atoms with Crippen LogP contribution in [0, 0.1) is 19.8 Å². The molecule has 31 heavy (non-hydrogen) atoms. The average Bonchev–Trinajstić information content (AvgIpc) is 2.88. The fourth-order valence-electron chi connectivity index (χ4n) is 3.27. The van der Waals surface area contributed by atoms with E-state index in [0.29, 0.717) is 11.3 Å². The van der Waals surface area contributed by atoms with Crippen molar-refractivity contribution < 1.29 is 27.5 Å². The number of hydrogen-bond donors (Lipinski definition) is 1. The van der Waals surface area contributed by atoms with Gasteiger partial charge in [-0.15, -0.1) is 13.2 Å². The molecule has 2 aromatic rings. The molecule has 2 aromatic carbocycles. The van der Waals surface area contributed by atoms with E-state index in [2.05, 4.69) is 10.1 Å². The molecule has 0 saturated carbocycles. The van der Waals surface area contributed by atoms with E-state index in [-0.39, 0.29) is 29.5 Å². The fraction of sp³-hybridized carbons (Fsp3) is 0.304. The van der Waals surface area contributed by atoms with Crippen molar-refractivity contribution in [1.29, 1.82) is 0 Å². The summed E-state index contributed by atoms with van der Waals surface area (Å²) in [6.07, 6.45) is -4.79. The first-order valence-corrected chi connectivity index (χ1v) is 9.77. The van der Waals surface area contributed by atoms with Gasteiger partial charge >= 0.3 is 6.36 Å². The molecule has 0 fully saturated rings. The minimum absolute atomic E-state index is 0.0760. The summed E-state index contributed by atoms with van der Waals surface area (Å²) in [7, 11) is 0. The van der Waals surface area contributed by atoms with E-state index in [1.165, 1.54) is 17.0 Å². The lowest BCUT2D eigenvalue weighted by Crippen LogP contribution is -2.35. The molecule has 0 saturated heterocycles. The molecule has 0 bridgehead atoms. The molecule has 1 aliphatic heterocycles. The highest BCUT2D eigenvalue weighted by Crippen LogP contribution is 2.32. The SMILES string of the molecule is Cc1ccc(C2=C(Nc3ccc(OC(F)(F)F)cc3)C(=O)N(CC(C)C)C2=O)cc1C. The average molecular weight is 432 g/mol. The number of alkyl halides is 3. The molecular formula is C23H23F3N2O3. The standard InChI is InChI=1S/C23H23F3N2O3/c1-13(2)12-28-21(29)19(16-6-5-14(3)15(4)11-16)20(22(28)30)27-17-7-9-18(10-8-17)31-23(24,25)26/h5-11,13,27H,12H2,1-4H3. The number of benzene rings is 2. The third-order valence-electron chi connectivity index (χ3n) is 4.87. The maximum Gasteiger partial charge on any atom is 0.573 e. The van der Waals surface area contributed by atoms with Crippen molar-refractivity contribution in [3.05, 3.63) is 64.9 Å². The second-order valence-corrected chi connectivity index (χ2v) is 7.86. The number of halogens is 3. The zero-order valence-corrected chi connectivity index (χ0v) is 17.6. The molecule has 0 aromatic heterocycles. The number of nitrogens with one attached hydrogen (secondary N) is 1. The van der Waals surface area contributed by atoms with Gasteiger partial charge in [0.15, 0.2) is 0 Å². The van der Waals surface area contributed by atoms with Crippen LogP contribution in [0.5, 0.6) is 5.75 Å². The zero-order chi connectivity index (χ0) is 22.9. The van der Waals surface area contributed by atoms with Gasteiger partial charge in [0.25, 0.3) is 11.8 Å². The summed E-state index contributed by atoms with van der Waals surface area (Å²) in [5.41, 5.74) is 3.32. The first-order valence-electron chi connectivity index (χ1n) is 9.77. The Bertz CT molecular complexity index is 1040. The predicted octanol–water partition coefficient (Wildman–Crippen LogP) is 5.05. The number of imide groups is 1. The lowest BCUT2D eigenvalue weighted by Gasteiger charge is -2.17. The lowest BCUT2D eigenvalue weighted by atomic mass is 9.99. The van der Waals surface area contributed by atoms with E-state index >= 15 is 0 Å². The van der Waals surface area contributed by atoms with Gasteiger partial charge in [0, 0.05) is 12.2 Å². The number of anilines is 1. The first-order chi connectivity index (χ1) is 14.5. The molecule has 2 amide bonds. The Hall–Kier alpha value is -3.29. The number of ether oxygens (including phenoxy) is 1. The van der Waals surface area contributed by atoms with Gasteiger partial charge in [-0.1, -0.05) is 32.0 Å². The van der Waals surface area contributed by atoms with Gasteiger partial charge < -0.3 is 10.1 Å². The maximum atomic E-state index is 13.1. The Kier molecular flexibility index (Phi) is 6.10. The summed E-state index contributed by atoms with van der Waals surface area (Å²) < 4.78 is 41.0. The van der Waals surface area contributed by atoms with Gasteiger partial charge in [-0.25, -0.2) is 0 Å². The van der Waals surface area contributed by atoms with Crippen molar-refractivity contribution in [3.8, 4) is 5.75 Å². The summed E-state index contributed by atoms with van der Waals surface area (Å²) in [4.78, 5) is 27.4. The highest BCUT2D eigenvalue weighted by Gasteiger charge is 2.39. The van der Waals surface area contributed by atoms with Crippen LogP contribution in [0.1, 0.15) is 30.5 Å². The van der Waals surface area contributed by atoms with Crippen LogP contribution in [-0.2, 0) is 9.59 Å². The number of nitrogens with zero attached hydrogens (tertiary/aromatic N) is 1. The van der Waals surface area contributed by atoms with Crippen LogP contribution in [0.3, 0.4) is 0 Å². The van der Waals surface area contributed by atoms with Crippen molar-refractivity contribution in [2.75, 3.05) is 11.9 Å². The van der Waals surface area contributed by atoms with Gasteiger partial charge in [0.1, 0.15) is 11.4 Å². The van der Waals surface area contributed by atoms with Crippen LogP contribution in [0.15, 0.2) is 48.2 Å². The van der Waals surface area contributed by atoms with Crippen LogP contribution in [0.4, 0.5) is 18.9 Å². The third-order valence-corrected chi connectivity index (χ3v) is 4.87. The summed E-state index contributed by atoms with van der Waals surface area (Å²) in [6.45, 7) is 7.93. The molecule has 1 heterocycles. The molecule has 3 rings (SSSR count).